The molecular weight excluding hydrogens is 322 g/mol. The molecule has 130 valence electrons. The van der Waals surface area contributed by atoms with Crippen molar-refractivity contribution >= 4 is 16.0 Å². The number of aromatic amines is 1. The van der Waals surface area contributed by atoms with E-state index in [0.717, 1.165) is 13.1 Å². The molecule has 0 bridgehead atoms. The topological polar surface area (TPSA) is 101 Å². The Kier molecular flexibility index (Phi) is 6.17. The van der Waals surface area contributed by atoms with Crippen molar-refractivity contribution in [1.82, 2.24) is 14.6 Å². The molecule has 1 aliphatic rings. The minimum atomic E-state index is -3.69. The first-order valence-electron chi connectivity index (χ1n) is 7.55. The number of sulfonamides is 1. The number of morpholine rings is 1. The van der Waals surface area contributed by atoms with Crippen molar-refractivity contribution in [3.05, 3.63) is 18.0 Å². The number of ether oxygens (including phenoxy) is 2. The monoisotopic (exact) mass is 345 g/mol. The van der Waals surface area contributed by atoms with E-state index in [1.165, 1.54) is 19.4 Å². The number of carbonyl (C=O) groups excluding carboxylic acids is 1. The van der Waals surface area contributed by atoms with Gasteiger partial charge in [0.2, 0.25) is 10.0 Å². The van der Waals surface area contributed by atoms with E-state index < -0.39 is 16.0 Å². The third-order valence-corrected chi connectivity index (χ3v) is 5.27. The summed E-state index contributed by atoms with van der Waals surface area (Å²) in [5, 5.41) is 0. The van der Waals surface area contributed by atoms with Crippen LogP contribution in [0.5, 0.6) is 0 Å². The highest BCUT2D eigenvalue weighted by Crippen LogP contribution is 2.13. The van der Waals surface area contributed by atoms with Crippen LogP contribution < -0.4 is 4.72 Å². The van der Waals surface area contributed by atoms with Gasteiger partial charge in [-0.25, -0.2) is 17.9 Å². The highest BCUT2D eigenvalue weighted by molar-refractivity contribution is 7.89. The summed E-state index contributed by atoms with van der Waals surface area (Å²) in [5.74, 6) is -0.605. The zero-order valence-corrected chi connectivity index (χ0v) is 14.2. The highest BCUT2D eigenvalue weighted by atomic mass is 32.2. The Hall–Kier alpha value is -1.42. The van der Waals surface area contributed by atoms with Gasteiger partial charge in [-0.2, -0.15) is 0 Å². The lowest BCUT2D eigenvalue weighted by molar-refractivity contribution is 0.0344. The minimum Gasteiger partial charge on any atom is -0.464 e. The van der Waals surface area contributed by atoms with Crippen molar-refractivity contribution in [2.45, 2.75) is 24.3 Å². The summed E-state index contributed by atoms with van der Waals surface area (Å²) in [4.78, 5) is 16.2. The molecule has 1 atom stereocenters. The quantitative estimate of drug-likeness (QED) is 0.684. The number of rotatable bonds is 7. The van der Waals surface area contributed by atoms with Gasteiger partial charge in [-0.1, -0.05) is 6.92 Å². The molecule has 1 aliphatic heterocycles. The van der Waals surface area contributed by atoms with E-state index in [1.54, 1.807) is 0 Å². The van der Waals surface area contributed by atoms with Crippen molar-refractivity contribution in [3.8, 4) is 0 Å². The maximum Gasteiger partial charge on any atom is 0.354 e. The molecule has 1 aromatic rings. The Morgan fingerprint density at radius 2 is 2.17 bits per heavy atom. The number of hydrogen-bond donors (Lipinski definition) is 2. The highest BCUT2D eigenvalue weighted by Gasteiger charge is 2.24. The van der Waals surface area contributed by atoms with Gasteiger partial charge in [0.25, 0.3) is 0 Å². The van der Waals surface area contributed by atoms with Crippen LogP contribution in [0.3, 0.4) is 0 Å². The first-order valence-corrected chi connectivity index (χ1v) is 9.03. The number of aromatic nitrogens is 1. The fourth-order valence-electron chi connectivity index (χ4n) is 2.39. The van der Waals surface area contributed by atoms with Crippen LogP contribution in [0.1, 0.15) is 23.8 Å². The average molecular weight is 345 g/mol. The Balaban J connectivity index is 2.02. The van der Waals surface area contributed by atoms with E-state index in [1.807, 2.05) is 6.92 Å². The summed E-state index contributed by atoms with van der Waals surface area (Å²) in [6, 6.07) is 1.07. The zero-order valence-electron chi connectivity index (χ0n) is 13.4. The van der Waals surface area contributed by atoms with Crippen LogP contribution in [-0.4, -0.2) is 70.3 Å². The summed E-state index contributed by atoms with van der Waals surface area (Å²) in [6.07, 6.45) is 1.96. The molecule has 1 aromatic heterocycles. The molecule has 0 aliphatic carbocycles. The molecular formula is C14H23N3O5S. The number of hydrogen-bond acceptors (Lipinski definition) is 6. The lowest BCUT2D eigenvalue weighted by Crippen LogP contribution is -2.46. The van der Waals surface area contributed by atoms with Crippen molar-refractivity contribution in [3.63, 3.8) is 0 Å². The Morgan fingerprint density at radius 1 is 1.48 bits per heavy atom. The van der Waals surface area contributed by atoms with Gasteiger partial charge < -0.3 is 14.5 Å². The lowest BCUT2D eigenvalue weighted by atomic mass is 10.2. The second-order valence-corrected chi connectivity index (χ2v) is 7.09. The van der Waals surface area contributed by atoms with Crippen molar-refractivity contribution < 1.29 is 22.7 Å². The zero-order chi connectivity index (χ0) is 16.9. The predicted octanol–water partition coefficient (Wildman–Crippen LogP) is 0.190. The molecule has 0 aromatic carbocycles. The van der Waals surface area contributed by atoms with Crippen molar-refractivity contribution in [2.75, 3.05) is 40.0 Å². The summed E-state index contributed by atoms with van der Waals surface area (Å²) >= 11 is 0. The van der Waals surface area contributed by atoms with E-state index in [2.05, 4.69) is 19.3 Å². The smallest absolute Gasteiger partial charge is 0.354 e. The van der Waals surface area contributed by atoms with Crippen LogP contribution in [0.4, 0.5) is 0 Å². The van der Waals surface area contributed by atoms with Gasteiger partial charge in [0.15, 0.2) is 0 Å². The lowest BCUT2D eigenvalue weighted by Gasteiger charge is -2.30. The molecule has 23 heavy (non-hydrogen) atoms. The van der Waals surface area contributed by atoms with Crippen molar-refractivity contribution in [1.29, 1.82) is 0 Å². The third-order valence-electron chi connectivity index (χ3n) is 3.77. The van der Waals surface area contributed by atoms with Crippen LogP contribution in [0.2, 0.25) is 0 Å². The number of nitrogens with zero attached hydrogens (tertiary/aromatic N) is 1. The maximum atomic E-state index is 12.4. The predicted molar refractivity (Wildman–Crippen MR) is 83.8 cm³/mol. The molecule has 0 radical (unpaired) electrons. The van der Waals surface area contributed by atoms with Gasteiger partial charge in [-0.15, -0.1) is 0 Å². The minimum absolute atomic E-state index is 0.0262. The van der Waals surface area contributed by atoms with Crippen LogP contribution in [0.25, 0.3) is 0 Å². The van der Waals surface area contributed by atoms with Crippen molar-refractivity contribution in [2.24, 2.45) is 0 Å². The number of carbonyl (C=O) groups is 1. The molecule has 0 saturated carbocycles. The van der Waals surface area contributed by atoms with Crippen LogP contribution in [0.15, 0.2) is 17.2 Å². The first-order chi connectivity index (χ1) is 11.0. The van der Waals surface area contributed by atoms with Gasteiger partial charge in [0, 0.05) is 31.9 Å². The number of nitrogens with one attached hydrogen (secondary N) is 2. The summed E-state index contributed by atoms with van der Waals surface area (Å²) in [6.45, 7) is 5.51. The molecule has 2 rings (SSSR count). The molecule has 1 saturated heterocycles. The van der Waals surface area contributed by atoms with Gasteiger partial charge >= 0.3 is 5.97 Å². The maximum absolute atomic E-state index is 12.4. The van der Waals surface area contributed by atoms with Gasteiger partial charge in [-0.05, 0) is 12.5 Å². The van der Waals surface area contributed by atoms with E-state index in [4.69, 9.17) is 4.74 Å². The normalized spacial score (nSPS) is 17.8. The van der Waals surface area contributed by atoms with E-state index in [-0.39, 0.29) is 16.6 Å². The van der Waals surface area contributed by atoms with E-state index in [0.29, 0.717) is 26.2 Å². The first kappa shape index (κ1) is 17.9. The number of esters is 1. The summed E-state index contributed by atoms with van der Waals surface area (Å²) in [7, 11) is -2.45. The fraction of sp³-hybridized carbons (Fsp3) is 0.643. The Bertz CT molecular complexity index is 622. The Morgan fingerprint density at radius 3 is 2.78 bits per heavy atom. The largest absolute Gasteiger partial charge is 0.464 e. The van der Waals surface area contributed by atoms with Gasteiger partial charge in [0.05, 0.1) is 20.3 Å². The Labute approximate surface area is 136 Å². The number of methoxy groups -OCH3 is 1. The van der Waals surface area contributed by atoms with Gasteiger partial charge in [-0.3, -0.25) is 4.90 Å². The SMILES string of the molecule is CCC(CN1CCOCC1)NS(=O)(=O)c1c[nH]c(C(=O)OC)c1. The molecule has 0 amide bonds. The third kappa shape index (κ3) is 4.77. The molecule has 1 fully saturated rings. The molecule has 1 unspecified atom stereocenters. The van der Waals surface area contributed by atoms with E-state index >= 15 is 0 Å². The van der Waals surface area contributed by atoms with Crippen LogP contribution >= 0.6 is 0 Å². The second-order valence-electron chi connectivity index (χ2n) is 5.38. The molecule has 2 N–H and O–H groups in total. The molecule has 9 heteroatoms. The molecule has 2 heterocycles. The average Bonchev–Trinajstić information content (AvgIpc) is 3.05. The van der Waals surface area contributed by atoms with E-state index in [9.17, 15) is 13.2 Å². The standard InChI is InChI=1S/C14H23N3O5S/c1-3-11(10-17-4-6-22-7-5-17)16-23(19,20)12-8-13(15-9-12)14(18)21-2/h8-9,11,15-16H,3-7,10H2,1-2H3. The molecule has 8 nitrogen and oxygen atoms in total. The van der Waals surface area contributed by atoms with Crippen LogP contribution in [-0.2, 0) is 19.5 Å². The summed E-state index contributed by atoms with van der Waals surface area (Å²) < 4.78 is 37.4. The number of H-pyrrole nitrogens is 1. The molecule has 0 spiro atoms. The fourth-order valence-corrected chi connectivity index (χ4v) is 3.69. The van der Waals surface area contributed by atoms with Gasteiger partial charge in [0.1, 0.15) is 10.6 Å². The summed E-state index contributed by atoms with van der Waals surface area (Å²) in [5.41, 5.74) is 0.106. The second kappa shape index (κ2) is 7.91. The van der Waals surface area contributed by atoms with Crippen LogP contribution in [0, 0.1) is 0 Å².